The number of carbonyl (C=O) groups is 2. The van der Waals surface area contributed by atoms with E-state index in [1.807, 2.05) is 13.8 Å². The van der Waals surface area contributed by atoms with Gasteiger partial charge in [-0.25, -0.2) is 4.98 Å². The van der Waals surface area contributed by atoms with Crippen molar-refractivity contribution in [1.82, 2.24) is 9.97 Å². The summed E-state index contributed by atoms with van der Waals surface area (Å²) >= 11 is 0. The van der Waals surface area contributed by atoms with Crippen molar-refractivity contribution in [3.63, 3.8) is 0 Å². The molecular formula is C21H22N4O4. The predicted octanol–water partition coefficient (Wildman–Crippen LogP) is 3.71. The Labute approximate surface area is 168 Å². The van der Waals surface area contributed by atoms with Gasteiger partial charge in [-0.05, 0) is 62.4 Å². The van der Waals surface area contributed by atoms with Gasteiger partial charge in [-0.1, -0.05) is 0 Å². The largest absolute Gasteiger partial charge is 0.494 e. The minimum absolute atomic E-state index is 0.00215. The summed E-state index contributed by atoms with van der Waals surface area (Å²) < 4.78 is 10.8. The zero-order valence-electron chi connectivity index (χ0n) is 16.2. The fourth-order valence-electron chi connectivity index (χ4n) is 2.63. The number of nitrogens with one attached hydrogen (secondary N) is 3. The quantitative estimate of drug-likeness (QED) is 0.540. The third-order valence-corrected chi connectivity index (χ3v) is 3.93. The van der Waals surface area contributed by atoms with Crippen LogP contribution in [0.4, 0.5) is 11.4 Å². The summed E-state index contributed by atoms with van der Waals surface area (Å²) in [7, 11) is 0. The number of nitrogens with zero attached hydrogens (tertiary/aromatic N) is 1. The van der Waals surface area contributed by atoms with E-state index in [1.165, 1.54) is 6.33 Å². The molecule has 0 unspecified atom stereocenters. The number of anilines is 2. The molecule has 0 saturated heterocycles. The van der Waals surface area contributed by atoms with Gasteiger partial charge < -0.3 is 25.1 Å². The summed E-state index contributed by atoms with van der Waals surface area (Å²) in [5.41, 5.74) is 1.22. The number of aromatic amines is 1. The molecule has 3 N–H and O–H groups in total. The van der Waals surface area contributed by atoms with Crippen molar-refractivity contribution in [3.05, 3.63) is 66.2 Å². The van der Waals surface area contributed by atoms with Gasteiger partial charge in [0.25, 0.3) is 11.8 Å². The van der Waals surface area contributed by atoms with E-state index in [-0.39, 0.29) is 11.4 Å². The molecule has 1 heterocycles. The lowest BCUT2D eigenvalue weighted by molar-refractivity contribution is 0.0985. The molecule has 0 atom stereocenters. The molecule has 0 aliphatic heterocycles. The highest BCUT2D eigenvalue weighted by molar-refractivity contribution is 6.13. The summed E-state index contributed by atoms with van der Waals surface area (Å²) in [5.74, 6) is 0.457. The SMILES string of the molecule is CCOc1ccc(NC(=O)c2nc[nH]c2C(=O)Nc2ccc(OCC)cc2)cc1. The van der Waals surface area contributed by atoms with Gasteiger partial charge in [0.1, 0.15) is 17.2 Å². The zero-order chi connectivity index (χ0) is 20.6. The van der Waals surface area contributed by atoms with Crippen molar-refractivity contribution in [3.8, 4) is 11.5 Å². The average Bonchev–Trinajstić information content (AvgIpc) is 3.22. The van der Waals surface area contributed by atoms with Crippen molar-refractivity contribution in [1.29, 1.82) is 0 Å². The van der Waals surface area contributed by atoms with Crippen LogP contribution >= 0.6 is 0 Å². The molecule has 0 saturated carbocycles. The number of carbonyl (C=O) groups excluding carboxylic acids is 2. The average molecular weight is 394 g/mol. The van der Waals surface area contributed by atoms with Crippen LogP contribution in [0.1, 0.15) is 34.8 Å². The van der Waals surface area contributed by atoms with Crippen LogP contribution < -0.4 is 20.1 Å². The van der Waals surface area contributed by atoms with E-state index < -0.39 is 11.8 Å². The molecule has 0 spiro atoms. The Kier molecular flexibility index (Phi) is 6.47. The van der Waals surface area contributed by atoms with Crippen molar-refractivity contribution < 1.29 is 19.1 Å². The minimum atomic E-state index is -0.493. The zero-order valence-corrected chi connectivity index (χ0v) is 16.2. The second-order valence-corrected chi connectivity index (χ2v) is 5.95. The fourth-order valence-corrected chi connectivity index (χ4v) is 2.63. The number of benzene rings is 2. The molecule has 3 aromatic rings. The molecule has 0 aliphatic rings. The fraction of sp³-hybridized carbons (Fsp3) is 0.190. The third kappa shape index (κ3) is 5.13. The Balaban J connectivity index is 1.67. The van der Waals surface area contributed by atoms with E-state index in [4.69, 9.17) is 9.47 Å². The lowest BCUT2D eigenvalue weighted by Crippen LogP contribution is -2.20. The smallest absolute Gasteiger partial charge is 0.276 e. The van der Waals surface area contributed by atoms with E-state index in [0.29, 0.717) is 36.1 Å². The maximum atomic E-state index is 12.6. The Bertz CT molecular complexity index is 887. The van der Waals surface area contributed by atoms with Gasteiger partial charge in [0.05, 0.1) is 19.5 Å². The summed E-state index contributed by atoms with van der Waals surface area (Å²) in [6.45, 7) is 4.92. The van der Waals surface area contributed by atoms with Crippen LogP contribution in [-0.2, 0) is 0 Å². The molecule has 1 aromatic heterocycles. The molecular weight excluding hydrogens is 372 g/mol. The lowest BCUT2D eigenvalue weighted by atomic mass is 10.2. The van der Waals surface area contributed by atoms with Gasteiger partial charge in [0, 0.05) is 11.4 Å². The Morgan fingerprint density at radius 3 is 1.79 bits per heavy atom. The number of rotatable bonds is 8. The van der Waals surface area contributed by atoms with Crippen LogP contribution in [0.15, 0.2) is 54.9 Å². The van der Waals surface area contributed by atoms with E-state index in [1.54, 1.807) is 48.5 Å². The Hall–Kier alpha value is -3.81. The lowest BCUT2D eigenvalue weighted by Gasteiger charge is -2.08. The molecule has 0 aliphatic carbocycles. The first-order chi connectivity index (χ1) is 14.1. The molecule has 29 heavy (non-hydrogen) atoms. The summed E-state index contributed by atoms with van der Waals surface area (Å²) in [6.07, 6.45) is 1.31. The van der Waals surface area contributed by atoms with E-state index in [0.717, 1.165) is 0 Å². The van der Waals surface area contributed by atoms with Crippen molar-refractivity contribution in [2.75, 3.05) is 23.8 Å². The number of aromatic nitrogens is 2. The van der Waals surface area contributed by atoms with Crippen LogP contribution in [0.2, 0.25) is 0 Å². The maximum absolute atomic E-state index is 12.6. The number of hydrogen-bond donors (Lipinski definition) is 3. The highest BCUT2D eigenvalue weighted by atomic mass is 16.5. The van der Waals surface area contributed by atoms with Gasteiger partial charge in [0.2, 0.25) is 0 Å². The maximum Gasteiger partial charge on any atom is 0.276 e. The molecule has 3 rings (SSSR count). The normalized spacial score (nSPS) is 10.3. The molecule has 2 amide bonds. The molecule has 8 nitrogen and oxygen atoms in total. The second kappa shape index (κ2) is 9.41. The van der Waals surface area contributed by atoms with E-state index in [9.17, 15) is 9.59 Å². The first-order valence-corrected chi connectivity index (χ1v) is 9.22. The number of H-pyrrole nitrogens is 1. The number of amides is 2. The van der Waals surface area contributed by atoms with Crippen molar-refractivity contribution in [2.45, 2.75) is 13.8 Å². The number of ether oxygens (including phenoxy) is 2. The van der Waals surface area contributed by atoms with Gasteiger partial charge in [-0.3, -0.25) is 9.59 Å². The van der Waals surface area contributed by atoms with Crippen molar-refractivity contribution in [2.24, 2.45) is 0 Å². The standard InChI is InChI=1S/C21H22N4O4/c1-3-28-16-9-5-14(6-10-16)24-20(26)18-19(23-13-22-18)21(27)25-15-7-11-17(12-8-15)29-4-2/h5-13H,3-4H2,1-2H3,(H,22,23)(H,24,26)(H,25,27). The third-order valence-electron chi connectivity index (χ3n) is 3.93. The first-order valence-electron chi connectivity index (χ1n) is 9.22. The first kappa shape index (κ1) is 19.9. The van der Waals surface area contributed by atoms with Gasteiger partial charge >= 0.3 is 0 Å². The van der Waals surface area contributed by atoms with Crippen LogP contribution in [0, 0.1) is 0 Å². The number of imidazole rings is 1. The molecule has 2 aromatic carbocycles. The molecule has 150 valence electrons. The summed E-state index contributed by atoms with van der Waals surface area (Å²) in [5, 5.41) is 5.45. The van der Waals surface area contributed by atoms with Crippen molar-refractivity contribution >= 4 is 23.2 Å². The Morgan fingerprint density at radius 2 is 1.31 bits per heavy atom. The van der Waals surface area contributed by atoms with E-state index in [2.05, 4.69) is 20.6 Å². The van der Waals surface area contributed by atoms with E-state index >= 15 is 0 Å². The molecule has 0 bridgehead atoms. The molecule has 0 fully saturated rings. The predicted molar refractivity (Wildman–Crippen MR) is 110 cm³/mol. The van der Waals surface area contributed by atoms with Crippen LogP contribution in [0.3, 0.4) is 0 Å². The molecule has 8 heteroatoms. The monoisotopic (exact) mass is 394 g/mol. The van der Waals surface area contributed by atoms with Gasteiger partial charge in [-0.2, -0.15) is 0 Å². The van der Waals surface area contributed by atoms with Crippen LogP contribution in [0.5, 0.6) is 11.5 Å². The van der Waals surface area contributed by atoms with Crippen LogP contribution in [-0.4, -0.2) is 35.0 Å². The summed E-state index contributed by atoms with van der Waals surface area (Å²) in [6, 6.07) is 13.9. The van der Waals surface area contributed by atoms with Gasteiger partial charge in [0.15, 0.2) is 5.69 Å². The topological polar surface area (TPSA) is 105 Å². The molecule has 0 radical (unpaired) electrons. The minimum Gasteiger partial charge on any atom is -0.494 e. The van der Waals surface area contributed by atoms with Crippen LogP contribution in [0.25, 0.3) is 0 Å². The van der Waals surface area contributed by atoms with Gasteiger partial charge in [-0.15, -0.1) is 0 Å². The Morgan fingerprint density at radius 1 is 0.828 bits per heavy atom. The summed E-state index contributed by atoms with van der Waals surface area (Å²) in [4.78, 5) is 31.8. The highest BCUT2D eigenvalue weighted by Gasteiger charge is 2.20. The highest BCUT2D eigenvalue weighted by Crippen LogP contribution is 2.18. The second-order valence-electron chi connectivity index (χ2n) is 5.95. The number of hydrogen-bond acceptors (Lipinski definition) is 5.